The van der Waals surface area contributed by atoms with Crippen molar-refractivity contribution in [1.82, 2.24) is 5.43 Å². The first-order chi connectivity index (χ1) is 13.3. The Morgan fingerprint density at radius 3 is 2.61 bits per heavy atom. The van der Waals surface area contributed by atoms with E-state index in [9.17, 15) is 9.59 Å². The Hall–Kier alpha value is -2.86. The fourth-order valence-electron chi connectivity index (χ4n) is 2.30. The molecule has 2 aromatic rings. The molecule has 0 spiro atoms. The molecule has 0 fully saturated rings. The van der Waals surface area contributed by atoms with Crippen molar-refractivity contribution in [2.24, 2.45) is 5.10 Å². The van der Waals surface area contributed by atoms with Gasteiger partial charge in [0.25, 0.3) is 0 Å². The van der Waals surface area contributed by atoms with Gasteiger partial charge in [0.1, 0.15) is 5.75 Å². The predicted octanol–water partition coefficient (Wildman–Crippen LogP) is 4.30. The second-order valence-corrected chi connectivity index (χ2v) is 6.95. The number of aryl methyl sites for hydroxylation is 1. The first kappa shape index (κ1) is 21.4. The molecule has 0 saturated carbocycles. The lowest BCUT2D eigenvalue weighted by Gasteiger charge is -2.09. The van der Waals surface area contributed by atoms with E-state index in [-0.39, 0.29) is 30.8 Å². The maximum absolute atomic E-state index is 11.9. The summed E-state index contributed by atoms with van der Waals surface area (Å²) in [7, 11) is 0. The Morgan fingerprint density at radius 1 is 1.14 bits per heavy atom. The summed E-state index contributed by atoms with van der Waals surface area (Å²) in [4.78, 5) is 23.8. The Labute approximate surface area is 169 Å². The fraction of sp³-hybridized carbons (Fsp3) is 0.286. The van der Waals surface area contributed by atoms with Crippen molar-refractivity contribution >= 4 is 35.3 Å². The molecule has 2 rings (SSSR count). The normalized spacial score (nSPS) is 10.9. The van der Waals surface area contributed by atoms with Gasteiger partial charge in [0.15, 0.2) is 0 Å². The molecule has 0 unspecified atom stereocenters. The maximum Gasteiger partial charge on any atom is 0.240 e. The Morgan fingerprint density at radius 2 is 1.89 bits per heavy atom. The number of hydrogen-bond acceptors (Lipinski definition) is 4. The van der Waals surface area contributed by atoms with E-state index < -0.39 is 0 Å². The van der Waals surface area contributed by atoms with E-state index in [1.165, 1.54) is 6.21 Å². The van der Waals surface area contributed by atoms with E-state index >= 15 is 0 Å². The van der Waals surface area contributed by atoms with Crippen LogP contribution < -0.4 is 15.5 Å². The van der Waals surface area contributed by atoms with Crippen molar-refractivity contribution in [3.63, 3.8) is 0 Å². The van der Waals surface area contributed by atoms with Gasteiger partial charge in [-0.05, 0) is 56.2 Å². The first-order valence-electron chi connectivity index (χ1n) is 8.98. The fourth-order valence-corrected chi connectivity index (χ4v) is 2.48. The number of nitrogens with one attached hydrogen (secondary N) is 2. The van der Waals surface area contributed by atoms with Crippen LogP contribution in [0.4, 0.5) is 5.69 Å². The van der Waals surface area contributed by atoms with Crippen molar-refractivity contribution < 1.29 is 14.3 Å². The van der Waals surface area contributed by atoms with Gasteiger partial charge in [-0.2, -0.15) is 5.10 Å². The summed E-state index contributed by atoms with van der Waals surface area (Å²) < 4.78 is 5.61. The topological polar surface area (TPSA) is 79.8 Å². The molecule has 0 atom stereocenters. The van der Waals surface area contributed by atoms with Gasteiger partial charge in [-0.1, -0.05) is 29.8 Å². The largest absolute Gasteiger partial charge is 0.491 e. The summed E-state index contributed by atoms with van der Waals surface area (Å²) in [6.45, 7) is 5.78. The highest BCUT2D eigenvalue weighted by atomic mass is 35.5. The minimum atomic E-state index is -0.345. The van der Waals surface area contributed by atoms with Crippen LogP contribution in [0.1, 0.15) is 37.8 Å². The van der Waals surface area contributed by atoms with E-state index in [4.69, 9.17) is 16.3 Å². The molecular formula is C21H24ClN3O3. The number of ether oxygens (including phenoxy) is 1. The van der Waals surface area contributed by atoms with Crippen molar-refractivity contribution in [3.8, 4) is 5.75 Å². The van der Waals surface area contributed by atoms with Crippen molar-refractivity contribution in [3.05, 3.63) is 58.6 Å². The number of rotatable bonds is 8. The van der Waals surface area contributed by atoms with Crippen LogP contribution in [0.25, 0.3) is 0 Å². The standard InChI is InChI=1S/C21H24ClN3O3/c1-14(2)28-18-6-4-5-16(11-18)13-23-25-21(27)10-9-20(26)24-17-8-7-15(3)19(22)12-17/h4-8,11-14H,9-10H2,1-3H3,(H,24,26)(H,25,27). The molecule has 28 heavy (non-hydrogen) atoms. The molecule has 0 radical (unpaired) electrons. The minimum Gasteiger partial charge on any atom is -0.491 e. The maximum atomic E-state index is 11.9. The molecule has 6 nitrogen and oxygen atoms in total. The summed E-state index contributed by atoms with van der Waals surface area (Å²) in [5.41, 5.74) is 4.74. The minimum absolute atomic E-state index is 0.0271. The highest BCUT2D eigenvalue weighted by Gasteiger charge is 2.07. The summed E-state index contributed by atoms with van der Waals surface area (Å²) >= 11 is 6.03. The number of benzene rings is 2. The molecule has 148 valence electrons. The van der Waals surface area contributed by atoms with Gasteiger partial charge in [0.05, 0.1) is 12.3 Å². The second kappa shape index (κ2) is 10.5. The molecule has 2 N–H and O–H groups in total. The van der Waals surface area contributed by atoms with Crippen LogP contribution in [0.5, 0.6) is 5.75 Å². The molecule has 2 aromatic carbocycles. The number of carbonyl (C=O) groups excluding carboxylic acids is 2. The molecule has 0 bridgehead atoms. The van der Waals surface area contributed by atoms with Crippen molar-refractivity contribution in [2.75, 3.05) is 5.32 Å². The average molecular weight is 402 g/mol. The molecule has 0 aliphatic heterocycles. The molecule has 0 saturated heterocycles. The van der Waals surface area contributed by atoms with Gasteiger partial charge in [-0.25, -0.2) is 5.43 Å². The zero-order chi connectivity index (χ0) is 20.5. The molecule has 0 aliphatic rings. The van der Waals surface area contributed by atoms with E-state index in [1.807, 2.05) is 51.1 Å². The zero-order valence-electron chi connectivity index (χ0n) is 16.2. The Kier molecular flexibility index (Phi) is 8.02. The molecule has 0 aromatic heterocycles. The number of carbonyl (C=O) groups is 2. The summed E-state index contributed by atoms with van der Waals surface area (Å²) in [5.74, 6) is 0.124. The van der Waals surface area contributed by atoms with Gasteiger partial charge in [-0.15, -0.1) is 0 Å². The van der Waals surface area contributed by atoms with Gasteiger partial charge >= 0.3 is 0 Å². The van der Waals surface area contributed by atoms with Crippen molar-refractivity contribution in [2.45, 2.75) is 39.7 Å². The Bertz CT molecular complexity index is 866. The highest BCUT2D eigenvalue weighted by Crippen LogP contribution is 2.20. The van der Waals surface area contributed by atoms with Crippen LogP contribution in [0.3, 0.4) is 0 Å². The predicted molar refractivity (Wildman–Crippen MR) is 112 cm³/mol. The lowest BCUT2D eigenvalue weighted by molar-refractivity contribution is -0.124. The number of amides is 2. The quantitative estimate of drug-likeness (QED) is 0.511. The van der Waals surface area contributed by atoms with Crippen molar-refractivity contribution in [1.29, 1.82) is 0 Å². The smallest absolute Gasteiger partial charge is 0.240 e. The third kappa shape index (κ3) is 7.40. The van der Waals surface area contributed by atoms with Crippen LogP contribution in [-0.2, 0) is 9.59 Å². The summed E-state index contributed by atoms with van der Waals surface area (Å²) in [6, 6.07) is 12.6. The van der Waals surface area contributed by atoms with Crippen LogP contribution in [0, 0.1) is 6.92 Å². The number of anilines is 1. The molecule has 0 heterocycles. The average Bonchev–Trinajstić information content (AvgIpc) is 2.63. The van der Waals surface area contributed by atoms with E-state index in [0.717, 1.165) is 16.9 Å². The van der Waals surface area contributed by atoms with Gasteiger partial charge in [-0.3, -0.25) is 9.59 Å². The van der Waals surface area contributed by atoms with Crippen LogP contribution >= 0.6 is 11.6 Å². The SMILES string of the molecule is Cc1ccc(NC(=O)CCC(=O)NN=Cc2cccc(OC(C)C)c2)cc1Cl. The summed E-state index contributed by atoms with van der Waals surface area (Å²) in [5, 5.41) is 7.21. The van der Waals surface area contributed by atoms with E-state index in [1.54, 1.807) is 12.1 Å². The van der Waals surface area contributed by atoms with Gasteiger partial charge in [0.2, 0.25) is 11.8 Å². The lowest BCUT2D eigenvalue weighted by Crippen LogP contribution is -2.20. The lowest BCUT2D eigenvalue weighted by atomic mass is 10.2. The second-order valence-electron chi connectivity index (χ2n) is 6.54. The van der Waals surface area contributed by atoms with E-state index in [0.29, 0.717) is 10.7 Å². The van der Waals surface area contributed by atoms with Gasteiger partial charge in [0, 0.05) is 23.6 Å². The van der Waals surface area contributed by atoms with Crippen LogP contribution in [0.2, 0.25) is 5.02 Å². The van der Waals surface area contributed by atoms with E-state index in [2.05, 4.69) is 15.8 Å². The highest BCUT2D eigenvalue weighted by molar-refractivity contribution is 6.31. The number of hydrogen-bond donors (Lipinski definition) is 2. The number of hydrazone groups is 1. The molecule has 2 amide bonds. The van der Waals surface area contributed by atoms with Gasteiger partial charge < -0.3 is 10.1 Å². The number of nitrogens with zero attached hydrogens (tertiary/aromatic N) is 1. The molecule has 0 aliphatic carbocycles. The monoisotopic (exact) mass is 401 g/mol. The molecule has 7 heteroatoms. The van der Waals surface area contributed by atoms with Crippen LogP contribution in [0.15, 0.2) is 47.6 Å². The third-order valence-corrected chi connectivity index (χ3v) is 4.07. The zero-order valence-corrected chi connectivity index (χ0v) is 16.9. The Balaban J connectivity index is 1.76. The first-order valence-corrected chi connectivity index (χ1v) is 9.36. The van der Waals surface area contributed by atoms with Crippen LogP contribution in [-0.4, -0.2) is 24.1 Å². The number of halogens is 1. The summed E-state index contributed by atoms with van der Waals surface area (Å²) in [6.07, 6.45) is 1.68. The molecular weight excluding hydrogens is 378 g/mol. The third-order valence-electron chi connectivity index (χ3n) is 3.67.